The van der Waals surface area contributed by atoms with Crippen LogP contribution in [0.1, 0.15) is 37.9 Å². The standard InChI is InChI=1S/C27H26N4O3/c1-27(2,32)25-6-4-18(16-30-25)23-14-21-22(31-23)7-10-29-26(21)17-3-5-24(19(13-17)15-28)34-20-8-11-33-12-9-20/h3-7,10,13-14,16,20,31-32H,8-9,11-12H2,1-2H3. The number of H-pyrrole nitrogens is 1. The van der Waals surface area contributed by atoms with Crippen LogP contribution in [-0.4, -0.2) is 39.4 Å². The Morgan fingerprint density at radius 3 is 2.59 bits per heavy atom. The molecule has 1 aromatic carbocycles. The molecular formula is C27H26N4O3. The number of aliphatic hydroxyl groups is 1. The maximum absolute atomic E-state index is 10.2. The molecule has 3 aromatic heterocycles. The molecule has 7 nitrogen and oxygen atoms in total. The largest absolute Gasteiger partial charge is 0.489 e. The molecule has 1 fully saturated rings. The Morgan fingerprint density at radius 2 is 1.88 bits per heavy atom. The molecular weight excluding hydrogens is 428 g/mol. The second kappa shape index (κ2) is 8.90. The summed E-state index contributed by atoms with van der Waals surface area (Å²) in [4.78, 5) is 12.5. The molecule has 0 atom stereocenters. The van der Waals surface area contributed by atoms with Crippen LogP contribution in [0.4, 0.5) is 0 Å². The monoisotopic (exact) mass is 454 g/mol. The van der Waals surface area contributed by atoms with E-state index in [0.717, 1.165) is 46.3 Å². The molecule has 0 bridgehead atoms. The van der Waals surface area contributed by atoms with Gasteiger partial charge in [-0.05, 0) is 56.3 Å². The third-order valence-corrected chi connectivity index (χ3v) is 6.08. The Labute approximate surface area is 198 Å². The van der Waals surface area contributed by atoms with E-state index in [-0.39, 0.29) is 6.10 Å². The SMILES string of the molecule is CC(C)(O)c1ccc(-c2cc3c(-c4ccc(OC5CCOCC5)c(C#N)c4)nccc3[nH]2)cn1. The Kier molecular flexibility index (Phi) is 5.78. The zero-order chi connectivity index (χ0) is 23.7. The molecule has 5 rings (SSSR count). The summed E-state index contributed by atoms with van der Waals surface area (Å²) < 4.78 is 11.5. The lowest BCUT2D eigenvalue weighted by Crippen LogP contribution is -2.26. The fourth-order valence-corrected chi connectivity index (χ4v) is 4.20. The lowest BCUT2D eigenvalue weighted by atomic mass is 10.0. The van der Waals surface area contributed by atoms with E-state index in [1.165, 1.54) is 0 Å². The maximum Gasteiger partial charge on any atom is 0.137 e. The molecule has 1 aliphatic heterocycles. The number of aromatic amines is 1. The van der Waals surface area contributed by atoms with Crippen molar-refractivity contribution in [2.75, 3.05) is 13.2 Å². The fraction of sp³-hybridized carbons (Fsp3) is 0.296. The highest BCUT2D eigenvalue weighted by molar-refractivity contribution is 5.96. The third kappa shape index (κ3) is 4.38. The minimum absolute atomic E-state index is 0.0666. The molecule has 4 heterocycles. The number of hydrogen-bond acceptors (Lipinski definition) is 6. The first-order valence-electron chi connectivity index (χ1n) is 11.4. The van der Waals surface area contributed by atoms with Crippen LogP contribution in [0.5, 0.6) is 5.75 Å². The Balaban J connectivity index is 1.48. The van der Waals surface area contributed by atoms with E-state index in [1.807, 2.05) is 42.5 Å². The van der Waals surface area contributed by atoms with Crippen LogP contribution in [0.25, 0.3) is 33.4 Å². The van der Waals surface area contributed by atoms with E-state index in [9.17, 15) is 10.4 Å². The third-order valence-electron chi connectivity index (χ3n) is 6.08. The first-order chi connectivity index (χ1) is 16.4. The number of nitrogens with zero attached hydrogens (tertiary/aromatic N) is 3. The van der Waals surface area contributed by atoms with Crippen molar-refractivity contribution in [3.63, 3.8) is 0 Å². The van der Waals surface area contributed by atoms with E-state index < -0.39 is 5.60 Å². The van der Waals surface area contributed by atoms with Gasteiger partial charge in [-0.3, -0.25) is 9.97 Å². The van der Waals surface area contributed by atoms with Crippen molar-refractivity contribution in [2.45, 2.75) is 38.4 Å². The van der Waals surface area contributed by atoms with E-state index in [2.05, 4.69) is 21.0 Å². The molecule has 0 unspecified atom stereocenters. The molecule has 0 amide bonds. The quantitative estimate of drug-likeness (QED) is 0.442. The van der Waals surface area contributed by atoms with Crippen molar-refractivity contribution < 1.29 is 14.6 Å². The second-order valence-electron chi connectivity index (χ2n) is 9.05. The number of aromatic nitrogens is 3. The van der Waals surface area contributed by atoms with E-state index in [1.54, 1.807) is 26.2 Å². The average molecular weight is 455 g/mol. The van der Waals surface area contributed by atoms with Gasteiger partial charge in [0.2, 0.25) is 0 Å². The van der Waals surface area contributed by atoms with E-state index in [0.29, 0.717) is 30.2 Å². The van der Waals surface area contributed by atoms with Gasteiger partial charge in [-0.25, -0.2) is 0 Å². The number of pyridine rings is 2. The van der Waals surface area contributed by atoms with Gasteiger partial charge in [0.15, 0.2) is 0 Å². The molecule has 0 aliphatic carbocycles. The topological polar surface area (TPSA) is 104 Å². The molecule has 172 valence electrons. The number of rotatable bonds is 5. The van der Waals surface area contributed by atoms with Crippen molar-refractivity contribution in [2.24, 2.45) is 0 Å². The summed E-state index contributed by atoms with van der Waals surface area (Å²) in [5.41, 5.74) is 4.50. The molecule has 2 N–H and O–H groups in total. The average Bonchev–Trinajstić information content (AvgIpc) is 3.29. The summed E-state index contributed by atoms with van der Waals surface area (Å²) in [5.74, 6) is 0.595. The highest BCUT2D eigenvalue weighted by Crippen LogP contribution is 2.33. The number of nitriles is 1. The summed E-state index contributed by atoms with van der Waals surface area (Å²) in [6, 6.07) is 15.6. The van der Waals surface area contributed by atoms with Crippen LogP contribution < -0.4 is 4.74 Å². The molecule has 0 saturated carbocycles. The summed E-state index contributed by atoms with van der Waals surface area (Å²) in [6.07, 6.45) is 5.22. The highest BCUT2D eigenvalue weighted by atomic mass is 16.5. The van der Waals surface area contributed by atoms with Crippen molar-refractivity contribution >= 4 is 10.9 Å². The maximum atomic E-state index is 10.2. The molecule has 0 spiro atoms. The van der Waals surface area contributed by atoms with Crippen LogP contribution in [0, 0.1) is 11.3 Å². The Hall–Kier alpha value is -3.73. The smallest absolute Gasteiger partial charge is 0.137 e. The van der Waals surface area contributed by atoms with Gasteiger partial charge >= 0.3 is 0 Å². The molecule has 1 aliphatic rings. The molecule has 0 radical (unpaired) electrons. The van der Waals surface area contributed by atoms with Crippen molar-refractivity contribution in [1.29, 1.82) is 5.26 Å². The van der Waals surface area contributed by atoms with E-state index in [4.69, 9.17) is 9.47 Å². The van der Waals surface area contributed by atoms with Crippen LogP contribution in [0.15, 0.2) is 54.9 Å². The number of ether oxygens (including phenoxy) is 2. The first kappa shape index (κ1) is 22.1. The molecule has 7 heteroatoms. The second-order valence-corrected chi connectivity index (χ2v) is 9.05. The Morgan fingerprint density at radius 1 is 1.09 bits per heavy atom. The van der Waals surface area contributed by atoms with Crippen LogP contribution in [0.3, 0.4) is 0 Å². The summed E-state index contributed by atoms with van der Waals surface area (Å²) in [5, 5.41) is 20.9. The van der Waals surface area contributed by atoms with Gasteiger partial charge in [-0.2, -0.15) is 5.26 Å². The van der Waals surface area contributed by atoms with Crippen LogP contribution >= 0.6 is 0 Å². The molecule has 4 aromatic rings. The zero-order valence-corrected chi connectivity index (χ0v) is 19.2. The lowest BCUT2D eigenvalue weighted by Gasteiger charge is -2.23. The van der Waals surface area contributed by atoms with Gasteiger partial charge in [0.05, 0.1) is 30.2 Å². The lowest BCUT2D eigenvalue weighted by molar-refractivity contribution is 0.0254. The highest BCUT2D eigenvalue weighted by Gasteiger charge is 2.19. The summed E-state index contributed by atoms with van der Waals surface area (Å²) in [7, 11) is 0. The number of fused-ring (bicyclic) bond motifs is 1. The van der Waals surface area contributed by atoms with Gasteiger partial charge in [0.1, 0.15) is 23.5 Å². The number of hydrogen-bond donors (Lipinski definition) is 2. The predicted molar refractivity (Wildman–Crippen MR) is 129 cm³/mol. The minimum Gasteiger partial charge on any atom is -0.489 e. The first-order valence-corrected chi connectivity index (χ1v) is 11.4. The summed E-state index contributed by atoms with van der Waals surface area (Å²) in [6.45, 7) is 4.79. The normalized spacial score (nSPS) is 14.8. The predicted octanol–water partition coefficient (Wildman–Crippen LogP) is 4.95. The van der Waals surface area contributed by atoms with Crippen molar-refractivity contribution in [3.8, 4) is 34.3 Å². The number of benzene rings is 1. The summed E-state index contributed by atoms with van der Waals surface area (Å²) >= 11 is 0. The van der Waals surface area contributed by atoms with Crippen LogP contribution in [0.2, 0.25) is 0 Å². The molecule has 34 heavy (non-hydrogen) atoms. The van der Waals surface area contributed by atoms with Crippen molar-refractivity contribution in [3.05, 3.63) is 66.1 Å². The molecule has 1 saturated heterocycles. The Bertz CT molecular complexity index is 1360. The van der Waals surface area contributed by atoms with Gasteiger partial charge in [-0.1, -0.05) is 0 Å². The van der Waals surface area contributed by atoms with Crippen LogP contribution in [-0.2, 0) is 10.3 Å². The zero-order valence-electron chi connectivity index (χ0n) is 19.2. The van der Waals surface area contributed by atoms with Gasteiger partial charge < -0.3 is 19.6 Å². The van der Waals surface area contributed by atoms with Gasteiger partial charge in [0.25, 0.3) is 0 Å². The van der Waals surface area contributed by atoms with Crippen molar-refractivity contribution in [1.82, 2.24) is 15.0 Å². The minimum atomic E-state index is -0.991. The van der Waals surface area contributed by atoms with E-state index >= 15 is 0 Å². The van der Waals surface area contributed by atoms with Gasteiger partial charge in [-0.15, -0.1) is 0 Å². The number of nitrogens with one attached hydrogen (secondary N) is 1. The fourth-order valence-electron chi connectivity index (χ4n) is 4.20. The van der Waals surface area contributed by atoms with Gasteiger partial charge in [0, 0.05) is 53.0 Å².